The van der Waals surface area contributed by atoms with E-state index in [0.29, 0.717) is 26.4 Å². The van der Waals surface area contributed by atoms with Gasteiger partial charge < -0.3 is 37.5 Å². The van der Waals surface area contributed by atoms with E-state index in [1.54, 1.807) is 12.4 Å². The number of rotatable bonds is 8. The first-order chi connectivity index (χ1) is 21.9. The highest BCUT2D eigenvalue weighted by Gasteiger charge is 2.26. The number of carbonyl (C=O) groups is 2. The summed E-state index contributed by atoms with van der Waals surface area (Å²) >= 11 is 0. The molecule has 46 heavy (non-hydrogen) atoms. The molecule has 0 atom stereocenters. The first kappa shape index (κ1) is 37.4. The lowest BCUT2D eigenvalue weighted by Gasteiger charge is -2.13. The second kappa shape index (κ2) is 18.9. The van der Waals surface area contributed by atoms with Gasteiger partial charge in [0, 0.05) is 47.6 Å². The molecular weight excluding hydrogens is 652 g/mol. The monoisotopic (exact) mass is 690 g/mol. The third-order valence-corrected chi connectivity index (χ3v) is 8.00. The summed E-state index contributed by atoms with van der Waals surface area (Å²) in [5.74, 6) is -2.71. The number of nitrogens with zero attached hydrogens (tertiary/aromatic N) is 2. The Hall–Kier alpha value is -3.10. The minimum absolute atomic E-state index is 0.00354. The summed E-state index contributed by atoms with van der Waals surface area (Å²) in [4.78, 5) is 26.7. The van der Waals surface area contributed by atoms with Crippen molar-refractivity contribution in [3.63, 3.8) is 0 Å². The van der Waals surface area contributed by atoms with E-state index < -0.39 is 43.7 Å². The summed E-state index contributed by atoms with van der Waals surface area (Å²) in [7, 11) is -8.87. The maximum absolute atomic E-state index is 13.3. The molecule has 0 bridgehead atoms. The Bertz CT molecular complexity index is 1400. The van der Waals surface area contributed by atoms with Crippen LogP contribution in [0.4, 0.5) is 0 Å². The molecule has 0 amide bonds. The molecule has 16 nitrogen and oxygen atoms in total. The van der Waals surface area contributed by atoms with E-state index in [2.05, 4.69) is 0 Å². The molecule has 0 saturated heterocycles. The van der Waals surface area contributed by atoms with Crippen LogP contribution in [-0.4, -0.2) is 115 Å². The Morgan fingerprint density at radius 3 is 1.20 bits per heavy atom. The van der Waals surface area contributed by atoms with Gasteiger partial charge in [-0.1, -0.05) is 0 Å². The molecule has 0 radical (unpaired) electrons. The van der Waals surface area contributed by atoms with Crippen molar-refractivity contribution in [3.05, 3.63) is 48.0 Å². The van der Waals surface area contributed by atoms with E-state index in [1.165, 1.54) is 33.7 Å². The third kappa shape index (κ3) is 14.1. The van der Waals surface area contributed by atoms with Crippen molar-refractivity contribution in [1.29, 1.82) is 0 Å². The smallest absolute Gasteiger partial charge is 0.344 e. The van der Waals surface area contributed by atoms with Crippen LogP contribution in [0.25, 0.3) is 11.1 Å². The Kier molecular flexibility index (Phi) is 15.3. The number of ether oxygens (including phenoxy) is 6. The Balaban J connectivity index is 1.95. The summed E-state index contributed by atoms with van der Waals surface area (Å²) < 4.78 is 102. The van der Waals surface area contributed by atoms with Crippen LogP contribution < -0.4 is 9.13 Å². The second-order valence-electron chi connectivity index (χ2n) is 9.97. The van der Waals surface area contributed by atoms with Crippen molar-refractivity contribution in [1.82, 2.24) is 0 Å². The predicted molar refractivity (Wildman–Crippen MR) is 154 cm³/mol. The maximum atomic E-state index is 13.3. The van der Waals surface area contributed by atoms with Gasteiger partial charge in [0.15, 0.2) is 24.8 Å². The van der Waals surface area contributed by atoms with Crippen molar-refractivity contribution in [3.8, 4) is 11.1 Å². The molecule has 0 fully saturated rings. The van der Waals surface area contributed by atoms with Crippen LogP contribution in [0.5, 0.6) is 0 Å². The molecule has 0 aromatic carbocycles. The molecule has 0 aliphatic carbocycles. The number of aryl methyl sites for hydroxylation is 2. The first-order valence-electron chi connectivity index (χ1n) is 14.5. The van der Waals surface area contributed by atoms with Crippen molar-refractivity contribution in [2.24, 2.45) is 0 Å². The fraction of sp³-hybridized carbons (Fsp3) is 0.571. The number of aromatic nitrogens is 2. The lowest BCUT2D eigenvalue weighted by atomic mass is 9.98. The van der Waals surface area contributed by atoms with Gasteiger partial charge in [-0.05, 0) is 0 Å². The highest BCUT2D eigenvalue weighted by atomic mass is 32.2. The van der Waals surface area contributed by atoms with E-state index in [4.69, 9.17) is 28.4 Å². The minimum atomic E-state index is -4.44. The average molecular weight is 691 g/mol. The number of cyclic esters (lactones) is 2. The molecule has 0 unspecified atom stereocenters. The molecule has 1 aliphatic heterocycles. The molecule has 0 N–H and O–H groups in total. The third-order valence-electron chi connectivity index (χ3n) is 6.42. The molecule has 3 heterocycles. The molecule has 2 aromatic heterocycles. The lowest BCUT2D eigenvalue weighted by Crippen LogP contribution is -2.36. The molecule has 2 aromatic rings. The number of hydrogen-bond acceptors (Lipinski definition) is 14. The zero-order valence-electron chi connectivity index (χ0n) is 25.2. The molecule has 1 aliphatic rings. The van der Waals surface area contributed by atoms with Gasteiger partial charge in [0.2, 0.25) is 0 Å². The summed E-state index contributed by atoms with van der Waals surface area (Å²) in [6.45, 7) is 1.99. The topological polar surface area (TPSA) is 212 Å². The van der Waals surface area contributed by atoms with Gasteiger partial charge in [-0.25, -0.2) is 35.6 Å². The van der Waals surface area contributed by atoms with Gasteiger partial charge >= 0.3 is 11.9 Å². The average Bonchev–Trinajstić information content (AvgIpc) is 2.99. The zero-order chi connectivity index (χ0) is 33.4. The number of esters is 2. The van der Waals surface area contributed by atoms with Crippen LogP contribution in [0.1, 0.15) is 33.6 Å². The predicted octanol–water partition coefficient (Wildman–Crippen LogP) is -0.807. The first-order valence-corrected chi connectivity index (χ1v) is 17.7. The van der Waals surface area contributed by atoms with E-state index >= 15 is 0 Å². The van der Waals surface area contributed by atoms with E-state index in [9.17, 15) is 35.5 Å². The minimum Gasteiger partial charge on any atom is -0.748 e. The Morgan fingerprint density at radius 1 is 0.543 bits per heavy atom. The molecule has 0 spiro atoms. The van der Waals surface area contributed by atoms with Crippen LogP contribution in [0.15, 0.2) is 36.9 Å². The Morgan fingerprint density at radius 2 is 0.870 bits per heavy atom. The fourth-order valence-corrected chi connectivity index (χ4v) is 5.27. The van der Waals surface area contributed by atoms with Gasteiger partial charge in [0.25, 0.3) is 0 Å². The van der Waals surface area contributed by atoms with Crippen LogP contribution in [0, 0.1) is 0 Å². The molecule has 0 saturated carbocycles. The molecule has 18 heteroatoms. The summed E-state index contributed by atoms with van der Waals surface area (Å²) in [5.41, 5.74) is 0.628. The van der Waals surface area contributed by atoms with Gasteiger partial charge in [-0.3, -0.25) is 0 Å². The van der Waals surface area contributed by atoms with Crippen molar-refractivity contribution in [2.45, 2.75) is 25.9 Å². The molecule has 3 rings (SSSR count). The van der Waals surface area contributed by atoms with Crippen LogP contribution >= 0.6 is 0 Å². The van der Waals surface area contributed by atoms with E-state index in [0.717, 1.165) is 0 Å². The zero-order valence-corrected chi connectivity index (χ0v) is 26.8. The fourth-order valence-electron chi connectivity index (χ4n) is 4.30. The number of pyridine rings is 2. The van der Waals surface area contributed by atoms with Crippen LogP contribution in [-0.2, 0) is 61.7 Å². The number of hydrogen-bond donors (Lipinski definition) is 0. The van der Waals surface area contributed by atoms with Gasteiger partial charge in [-0.15, -0.1) is 0 Å². The van der Waals surface area contributed by atoms with Crippen LogP contribution in [0.3, 0.4) is 0 Å². The highest BCUT2D eigenvalue weighted by Crippen LogP contribution is 2.27. The summed E-state index contributed by atoms with van der Waals surface area (Å²) in [6, 6.07) is 3.08. The molecule has 256 valence electrons. The van der Waals surface area contributed by atoms with E-state index in [1.807, 2.05) is 0 Å². The van der Waals surface area contributed by atoms with Crippen LogP contribution in [0.2, 0.25) is 0 Å². The largest absolute Gasteiger partial charge is 0.748 e. The van der Waals surface area contributed by atoms with Crippen molar-refractivity contribution in [2.75, 3.05) is 77.6 Å². The Labute approximate surface area is 267 Å². The summed E-state index contributed by atoms with van der Waals surface area (Å²) in [6.07, 6.45) is 5.96. The lowest BCUT2D eigenvalue weighted by molar-refractivity contribution is -0.697. The van der Waals surface area contributed by atoms with Gasteiger partial charge in [-0.2, -0.15) is 0 Å². The van der Waals surface area contributed by atoms with E-state index in [-0.39, 0.29) is 87.8 Å². The SMILES string of the molecule is O=C1OCCOCCOCCOCCOCCOC(=O)c2c[n+](CCCS(=O)(=O)[O-])ccc2-c2cc[n+](CCCS(=O)(=O)[O-])cc21. The van der Waals surface area contributed by atoms with Crippen molar-refractivity contribution < 1.29 is 73.1 Å². The van der Waals surface area contributed by atoms with Gasteiger partial charge in [0.1, 0.15) is 37.4 Å². The summed E-state index contributed by atoms with van der Waals surface area (Å²) in [5, 5.41) is 0. The molecular formula is C28H38N2O14S2. The van der Waals surface area contributed by atoms with Gasteiger partial charge in [0.05, 0.1) is 73.1 Å². The number of fused-ring (bicyclic) bond motifs is 3. The standard InChI is InChI=1S/C28H38N2O14S2/c31-27-25-21-29(5-1-19-45(33,34)35)7-3-23(25)24-4-8-30(6-2-20-46(36,37)38)22-26(24)28(32)44-18-16-42-14-12-40-10-9-39-11-13-41-15-17-43-27/h3-4,7-8,21-22H,1-2,5-6,9-20H2. The second-order valence-corrected chi connectivity index (χ2v) is 13.0. The quantitative estimate of drug-likeness (QED) is 0.188. The van der Waals surface area contributed by atoms with Crippen molar-refractivity contribution >= 4 is 32.2 Å². The normalized spacial score (nSPS) is 17.0. The highest BCUT2D eigenvalue weighted by molar-refractivity contribution is 7.85. The number of carbonyl (C=O) groups excluding carboxylic acids is 2. The maximum Gasteiger partial charge on any atom is 0.344 e.